The van der Waals surface area contributed by atoms with Crippen molar-refractivity contribution in [1.29, 1.82) is 0 Å². The minimum Gasteiger partial charge on any atom is -0.480 e. The third kappa shape index (κ3) is 4.40. The molecule has 0 aliphatic heterocycles. The number of thiophene rings is 1. The summed E-state index contributed by atoms with van der Waals surface area (Å²) in [5.41, 5.74) is 3.13. The number of sulfonamides is 1. The zero-order valence-electron chi connectivity index (χ0n) is 17.1. The van der Waals surface area contributed by atoms with Crippen LogP contribution in [0.25, 0.3) is 10.9 Å². The number of carboxylic acid groups (broad SMARTS) is 1. The summed E-state index contributed by atoms with van der Waals surface area (Å²) < 4.78 is 27.6. The first-order chi connectivity index (χ1) is 15.4. The Kier molecular flexibility index (Phi) is 6.04. The Labute approximate surface area is 190 Å². The SMILES string of the molecule is Cc1cccc(C#CN(C(Cc2c[nH]c3ccccc23)C(=O)O)S(=O)(=O)c2cccs2)c1. The Morgan fingerprint density at radius 3 is 2.69 bits per heavy atom. The minimum atomic E-state index is -4.15. The molecule has 2 N–H and O–H groups in total. The fraction of sp³-hybridized carbons (Fsp3) is 0.125. The lowest BCUT2D eigenvalue weighted by atomic mass is 10.1. The van der Waals surface area contributed by atoms with Crippen LogP contribution in [0.4, 0.5) is 0 Å². The minimum absolute atomic E-state index is 0.0353. The van der Waals surface area contributed by atoms with E-state index in [0.717, 1.165) is 32.1 Å². The molecule has 2 aromatic carbocycles. The van der Waals surface area contributed by atoms with Crippen LogP contribution >= 0.6 is 11.3 Å². The molecule has 0 aliphatic carbocycles. The van der Waals surface area contributed by atoms with E-state index in [9.17, 15) is 18.3 Å². The maximum atomic E-state index is 13.4. The molecular formula is C24H20N2O4S2. The molecule has 162 valence electrons. The lowest BCUT2D eigenvalue weighted by Gasteiger charge is -2.24. The summed E-state index contributed by atoms with van der Waals surface area (Å²) in [5, 5.41) is 12.5. The van der Waals surface area contributed by atoms with Crippen LogP contribution in [0.3, 0.4) is 0 Å². The Balaban J connectivity index is 1.80. The van der Waals surface area contributed by atoms with Gasteiger partial charge in [0.2, 0.25) is 0 Å². The molecule has 4 rings (SSSR count). The van der Waals surface area contributed by atoms with Gasteiger partial charge in [-0.15, -0.1) is 11.3 Å². The lowest BCUT2D eigenvalue weighted by Crippen LogP contribution is -2.43. The van der Waals surface area contributed by atoms with Gasteiger partial charge in [0.05, 0.1) is 0 Å². The monoisotopic (exact) mass is 464 g/mol. The number of benzene rings is 2. The zero-order chi connectivity index (χ0) is 22.7. The fourth-order valence-corrected chi connectivity index (χ4v) is 5.89. The summed E-state index contributed by atoms with van der Waals surface area (Å²) in [6, 6.07) is 19.1. The van der Waals surface area contributed by atoms with Crippen LogP contribution in [0, 0.1) is 18.9 Å². The van der Waals surface area contributed by atoms with Gasteiger partial charge in [-0.05, 0) is 53.6 Å². The second kappa shape index (κ2) is 8.91. The van der Waals surface area contributed by atoms with Crippen LogP contribution in [-0.4, -0.2) is 34.8 Å². The number of hydrogen-bond donors (Lipinski definition) is 2. The maximum Gasteiger partial charge on any atom is 0.328 e. The number of aryl methyl sites for hydroxylation is 1. The molecule has 0 bridgehead atoms. The molecule has 2 heterocycles. The summed E-state index contributed by atoms with van der Waals surface area (Å²) in [5.74, 6) is 1.57. The van der Waals surface area contributed by atoms with Crippen molar-refractivity contribution in [2.45, 2.75) is 23.6 Å². The van der Waals surface area contributed by atoms with Gasteiger partial charge >= 0.3 is 5.97 Å². The van der Waals surface area contributed by atoms with Crippen LogP contribution in [-0.2, 0) is 21.2 Å². The smallest absolute Gasteiger partial charge is 0.328 e. The molecule has 8 heteroatoms. The molecule has 0 saturated heterocycles. The molecule has 6 nitrogen and oxygen atoms in total. The number of aromatic amines is 1. The quantitative estimate of drug-likeness (QED) is 0.330. The second-order valence-electron chi connectivity index (χ2n) is 7.26. The first kappa shape index (κ1) is 21.7. The van der Waals surface area contributed by atoms with Gasteiger partial charge in [0.1, 0.15) is 4.21 Å². The summed E-state index contributed by atoms with van der Waals surface area (Å²) >= 11 is 1.03. The van der Waals surface area contributed by atoms with Crippen LogP contribution < -0.4 is 0 Å². The molecule has 1 atom stereocenters. The van der Waals surface area contributed by atoms with Crippen molar-refractivity contribution in [1.82, 2.24) is 9.29 Å². The molecule has 0 spiro atoms. The number of hydrogen-bond acceptors (Lipinski definition) is 4. The van der Waals surface area contributed by atoms with Gasteiger partial charge in [-0.2, -0.15) is 8.42 Å². The number of nitrogens with zero attached hydrogens (tertiary/aromatic N) is 1. The number of H-pyrrole nitrogens is 1. The van der Waals surface area contributed by atoms with Crippen molar-refractivity contribution in [3.05, 3.63) is 88.9 Å². The van der Waals surface area contributed by atoms with Gasteiger partial charge in [0.25, 0.3) is 10.0 Å². The number of fused-ring (bicyclic) bond motifs is 1. The molecule has 0 amide bonds. The molecular weight excluding hydrogens is 444 g/mol. The first-order valence-electron chi connectivity index (χ1n) is 9.80. The number of aliphatic carboxylic acids is 1. The average Bonchev–Trinajstić information content (AvgIpc) is 3.44. The number of rotatable bonds is 6. The predicted octanol–water partition coefficient (Wildman–Crippen LogP) is 4.23. The standard InChI is InChI=1S/C24H20N2O4S2/c1-17-6-4-7-18(14-17)11-12-26(32(29,30)23-10-5-13-31-23)22(24(27)28)15-19-16-25-21-9-3-2-8-20(19)21/h2-10,13-14,16,22,25H,15H2,1H3,(H,27,28). The van der Waals surface area contributed by atoms with Crippen LogP contribution in [0.1, 0.15) is 16.7 Å². The second-order valence-corrected chi connectivity index (χ2v) is 10.2. The van der Waals surface area contributed by atoms with Crippen molar-refractivity contribution in [3.8, 4) is 12.0 Å². The molecule has 1 unspecified atom stereocenters. The van der Waals surface area contributed by atoms with Crippen molar-refractivity contribution >= 4 is 38.2 Å². The van der Waals surface area contributed by atoms with Gasteiger partial charge in [-0.1, -0.05) is 36.4 Å². The number of carboxylic acids is 1. The number of nitrogens with one attached hydrogen (secondary N) is 1. The maximum absolute atomic E-state index is 13.4. The summed E-state index contributed by atoms with van der Waals surface area (Å²) in [6.07, 6.45) is 1.68. The Bertz CT molecular complexity index is 1430. The Morgan fingerprint density at radius 1 is 1.16 bits per heavy atom. The van der Waals surface area contributed by atoms with E-state index in [1.165, 1.54) is 6.07 Å². The van der Waals surface area contributed by atoms with E-state index >= 15 is 0 Å². The van der Waals surface area contributed by atoms with Gasteiger partial charge in [-0.25, -0.2) is 9.10 Å². The van der Waals surface area contributed by atoms with Crippen molar-refractivity contribution in [2.75, 3.05) is 0 Å². The normalized spacial score (nSPS) is 12.2. The molecule has 32 heavy (non-hydrogen) atoms. The van der Waals surface area contributed by atoms with Gasteiger partial charge in [0, 0.05) is 35.1 Å². The lowest BCUT2D eigenvalue weighted by molar-refractivity contribution is -0.140. The molecule has 0 radical (unpaired) electrons. The zero-order valence-corrected chi connectivity index (χ0v) is 18.8. The highest BCUT2D eigenvalue weighted by Gasteiger charge is 2.35. The predicted molar refractivity (Wildman–Crippen MR) is 125 cm³/mol. The van der Waals surface area contributed by atoms with Crippen LogP contribution in [0.2, 0.25) is 0 Å². The summed E-state index contributed by atoms with van der Waals surface area (Å²) in [6.45, 7) is 1.91. The number of carbonyl (C=O) groups is 1. The highest BCUT2D eigenvalue weighted by atomic mass is 32.2. The van der Waals surface area contributed by atoms with Crippen LogP contribution in [0.15, 0.2) is 76.4 Å². The van der Waals surface area contributed by atoms with E-state index in [1.807, 2.05) is 49.4 Å². The third-order valence-electron chi connectivity index (χ3n) is 4.99. The summed E-state index contributed by atoms with van der Waals surface area (Å²) in [7, 11) is -4.15. The number of para-hydroxylation sites is 1. The molecule has 0 saturated carbocycles. The van der Waals surface area contributed by atoms with E-state index < -0.39 is 22.0 Å². The van der Waals surface area contributed by atoms with E-state index in [1.54, 1.807) is 23.7 Å². The van der Waals surface area contributed by atoms with E-state index in [2.05, 4.69) is 16.9 Å². The van der Waals surface area contributed by atoms with Crippen molar-refractivity contribution in [3.63, 3.8) is 0 Å². The Hall–Kier alpha value is -3.54. The van der Waals surface area contributed by atoms with Gasteiger partial charge < -0.3 is 10.1 Å². The van der Waals surface area contributed by atoms with E-state index in [4.69, 9.17) is 0 Å². The highest BCUT2D eigenvalue weighted by Crippen LogP contribution is 2.26. The van der Waals surface area contributed by atoms with E-state index in [-0.39, 0.29) is 10.6 Å². The molecule has 0 aliphatic rings. The summed E-state index contributed by atoms with van der Waals surface area (Å²) in [4.78, 5) is 15.4. The Morgan fingerprint density at radius 2 is 1.97 bits per heavy atom. The first-order valence-corrected chi connectivity index (χ1v) is 12.1. The molecule has 4 aromatic rings. The average molecular weight is 465 g/mol. The van der Waals surface area contributed by atoms with Crippen molar-refractivity contribution in [2.24, 2.45) is 0 Å². The highest BCUT2D eigenvalue weighted by molar-refractivity contribution is 7.91. The molecule has 2 aromatic heterocycles. The van der Waals surface area contributed by atoms with Crippen LogP contribution in [0.5, 0.6) is 0 Å². The largest absolute Gasteiger partial charge is 0.480 e. The number of aromatic nitrogens is 1. The van der Waals surface area contributed by atoms with Crippen molar-refractivity contribution < 1.29 is 18.3 Å². The van der Waals surface area contributed by atoms with Gasteiger partial charge in [-0.3, -0.25) is 0 Å². The van der Waals surface area contributed by atoms with Gasteiger partial charge in [0.15, 0.2) is 6.04 Å². The molecule has 0 fully saturated rings. The fourth-order valence-electron chi connectivity index (χ4n) is 3.43. The topological polar surface area (TPSA) is 90.5 Å². The van der Waals surface area contributed by atoms with E-state index in [0.29, 0.717) is 11.1 Å². The third-order valence-corrected chi connectivity index (χ3v) is 8.08.